The third-order valence-electron chi connectivity index (χ3n) is 3.61. The van der Waals surface area contributed by atoms with E-state index in [-0.39, 0.29) is 10.9 Å². The zero-order valence-electron chi connectivity index (χ0n) is 12.6. The lowest BCUT2D eigenvalue weighted by Gasteiger charge is -2.31. The zero-order chi connectivity index (χ0) is 15.3. The molecule has 6 nitrogen and oxygen atoms in total. The Morgan fingerprint density at radius 1 is 1.52 bits per heavy atom. The second-order valence-corrected chi connectivity index (χ2v) is 7.07. The van der Waals surface area contributed by atoms with Gasteiger partial charge in [-0.1, -0.05) is 0 Å². The number of nitrogens with one attached hydrogen (secondary N) is 1. The number of pyridine rings is 1. The van der Waals surface area contributed by atoms with Crippen LogP contribution >= 0.6 is 0 Å². The Morgan fingerprint density at radius 2 is 2.33 bits per heavy atom. The van der Waals surface area contributed by atoms with Crippen molar-refractivity contribution < 1.29 is 13.2 Å². The molecular formula is C14H23N3O3S. The van der Waals surface area contributed by atoms with Crippen molar-refractivity contribution in [3.63, 3.8) is 0 Å². The van der Waals surface area contributed by atoms with Crippen LogP contribution in [0.5, 0.6) is 0 Å². The first-order valence-corrected chi connectivity index (χ1v) is 8.71. The van der Waals surface area contributed by atoms with Crippen LogP contribution in [0.1, 0.15) is 19.8 Å². The lowest BCUT2D eigenvalue weighted by molar-refractivity contribution is 0.118. The summed E-state index contributed by atoms with van der Waals surface area (Å²) in [5.74, 6) is 0.254. The number of nitrogens with zero attached hydrogens (tertiary/aromatic N) is 2. The number of sulfonamides is 1. The van der Waals surface area contributed by atoms with Gasteiger partial charge in [0.25, 0.3) is 10.0 Å². The Morgan fingerprint density at radius 3 is 3.05 bits per heavy atom. The number of rotatable bonds is 6. The smallest absolute Gasteiger partial charge is 0.262 e. The molecule has 0 aliphatic carbocycles. The number of methoxy groups -OCH3 is 1. The fourth-order valence-electron chi connectivity index (χ4n) is 2.66. The third-order valence-corrected chi connectivity index (χ3v) is 5.43. The second-order valence-electron chi connectivity index (χ2n) is 5.21. The molecule has 2 rings (SSSR count). The second kappa shape index (κ2) is 7.20. The molecule has 1 aromatic heterocycles. The van der Waals surface area contributed by atoms with Gasteiger partial charge in [-0.2, -0.15) is 4.31 Å². The van der Waals surface area contributed by atoms with E-state index in [0.29, 0.717) is 31.9 Å². The minimum Gasteiger partial charge on any atom is -0.384 e. The molecule has 0 aromatic carbocycles. The van der Waals surface area contributed by atoms with Crippen LogP contribution < -0.4 is 5.32 Å². The minimum atomic E-state index is -3.56. The van der Waals surface area contributed by atoms with Crippen LogP contribution in [-0.2, 0) is 14.8 Å². The van der Waals surface area contributed by atoms with Crippen molar-refractivity contribution in [1.29, 1.82) is 0 Å². The normalized spacial score (nSPS) is 20.4. The quantitative estimate of drug-likeness (QED) is 0.863. The van der Waals surface area contributed by atoms with Crippen molar-refractivity contribution in [1.82, 2.24) is 9.29 Å². The minimum absolute atomic E-state index is 0.116. The predicted molar refractivity (Wildman–Crippen MR) is 81.8 cm³/mol. The van der Waals surface area contributed by atoms with Crippen LogP contribution in [0.15, 0.2) is 23.4 Å². The van der Waals surface area contributed by atoms with Crippen LogP contribution in [-0.4, -0.2) is 51.1 Å². The molecule has 1 fully saturated rings. The molecule has 0 amide bonds. The SMILES string of the molecule is CCNc1cccnc1S(=O)(=O)N1CCCC(COC)C1. The molecule has 1 atom stereocenters. The molecule has 1 aliphatic heterocycles. The summed E-state index contributed by atoms with van der Waals surface area (Å²) in [4.78, 5) is 4.09. The number of piperidine rings is 1. The number of hydrogen-bond acceptors (Lipinski definition) is 5. The third kappa shape index (κ3) is 3.72. The first kappa shape index (κ1) is 16.2. The number of hydrogen-bond donors (Lipinski definition) is 1. The van der Waals surface area contributed by atoms with Gasteiger partial charge in [-0.3, -0.25) is 0 Å². The van der Waals surface area contributed by atoms with Crippen molar-refractivity contribution in [2.45, 2.75) is 24.8 Å². The fraction of sp³-hybridized carbons (Fsp3) is 0.643. The van der Waals surface area contributed by atoms with E-state index in [1.807, 2.05) is 6.92 Å². The van der Waals surface area contributed by atoms with Crippen LogP contribution in [0, 0.1) is 5.92 Å². The van der Waals surface area contributed by atoms with Crippen LogP contribution in [0.3, 0.4) is 0 Å². The maximum Gasteiger partial charge on any atom is 0.262 e. The largest absolute Gasteiger partial charge is 0.384 e. The molecule has 1 unspecified atom stereocenters. The van der Waals surface area contributed by atoms with E-state index in [2.05, 4.69) is 10.3 Å². The Kier molecular flexibility index (Phi) is 5.55. The Bertz CT molecular complexity index is 560. The lowest BCUT2D eigenvalue weighted by atomic mass is 10.0. The molecule has 0 bridgehead atoms. The van der Waals surface area contributed by atoms with Gasteiger partial charge in [0.15, 0.2) is 5.03 Å². The molecule has 7 heteroatoms. The highest BCUT2D eigenvalue weighted by atomic mass is 32.2. The summed E-state index contributed by atoms with van der Waals surface area (Å²) in [6, 6.07) is 3.49. The van der Waals surface area contributed by atoms with Gasteiger partial charge in [-0.25, -0.2) is 13.4 Å². The van der Waals surface area contributed by atoms with Gasteiger partial charge in [-0.15, -0.1) is 0 Å². The maximum absolute atomic E-state index is 12.8. The summed E-state index contributed by atoms with van der Waals surface area (Å²) in [5, 5.41) is 3.18. The predicted octanol–water partition coefficient (Wildman–Crippen LogP) is 1.56. The number of ether oxygens (including phenoxy) is 1. The van der Waals surface area contributed by atoms with E-state index in [0.717, 1.165) is 12.8 Å². The van der Waals surface area contributed by atoms with Crippen LogP contribution in [0.2, 0.25) is 0 Å². The van der Waals surface area contributed by atoms with Crippen molar-refractivity contribution >= 4 is 15.7 Å². The Hall–Kier alpha value is -1.18. The van der Waals surface area contributed by atoms with Crippen LogP contribution in [0.4, 0.5) is 5.69 Å². The summed E-state index contributed by atoms with van der Waals surface area (Å²) in [6.07, 6.45) is 3.38. The van der Waals surface area contributed by atoms with Gasteiger partial charge >= 0.3 is 0 Å². The summed E-state index contributed by atoms with van der Waals surface area (Å²) in [6.45, 7) is 4.22. The molecule has 0 radical (unpaired) electrons. The highest BCUT2D eigenvalue weighted by Crippen LogP contribution is 2.26. The topological polar surface area (TPSA) is 71.5 Å². The lowest BCUT2D eigenvalue weighted by Crippen LogP contribution is -2.41. The molecule has 0 saturated carbocycles. The molecule has 21 heavy (non-hydrogen) atoms. The molecule has 2 heterocycles. The van der Waals surface area contributed by atoms with Gasteiger partial charge in [0.05, 0.1) is 12.3 Å². The summed E-state index contributed by atoms with van der Waals surface area (Å²) in [7, 11) is -1.91. The van der Waals surface area contributed by atoms with E-state index in [1.54, 1.807) is 19.2 Å². The fourth-order valence-corrected chi connectivity index (χ4v) is 4.29. The van der Waals surface area contributed by atoms with Crippen LogP contribution in [0.25, 0.3) is 0 Å². The van der Waals surface area contributed by atoms with Crippen molar-refractivity contribution in [3.8, 4) is 0 Å². The van der Waals surface area contributed by atoms with E-state index in [4.69, 9.17) is 4.74 Å². The van der Waals surface area contributed by atoms with Gasteiger partial charge in [0.1, 0.15) is 0 Å². The maximum atomic E-state index is 12.8. The summed E-state index contributed by atoms with van der Waals surface area (Å²) < 4.78 is 32.3. The monoisotopic (exact) mass is 313 g/mol. The van der Waals surface area contributed by atoms with E-state index in [9.17, 15) is 8.42 Å². The number of aromatic nitrogens is 1. The van der Waals surface area contributed by atoms with E-state index in [1.165, 1.54) is 10.5 Å². The van der Waals surface area contributed by atoms with Crippen molar-refractivity contribution in [3.05, 3.63) is 18.3 Å². The highest BCUT2D eigenvalue weighted by Gasteiger charge is 2.32. The average molecular weight is 313 g/mol. The van der Waals surface area contributed by atoms with E-state index >= 15 is 0 Å². The van der Waals surface area contributed by atoms with Gasteiger partial charge < -0.3 is 10.1 Å². The van der Waals surface area contributed by atoms with Crippen molar-refractivity contribution in [2.75, 3.05) is 38.7 Å². The highest BCUT2D eigenvalue weighted by molar-refractivity contribution is 7.89. The standard InChI is InChI=1S/C14H23N3O3S/c1-3-15-13-7-4-8-16-14(13)21(18,19)17-9-5-6-12(10-17)11-20-2/h4,7-8,12,15H,3,5-6,9-11H2,1-2H3. The van der Waals surface area contributed by atoms with E-state index < -0.39 is 10.0 Å². The molecule has 118 valence electrons. The molecule has 1 aliphatic rings. The molecular weight excluding hydrogens is 290 g/mol. The molecule has 1 saturated heterocycles. The average Bonchev–Trinajstić information content (AvgIpc) is 2.49. The first-order valence-electron chi connectivity index (χ1n) is 7.27. The summed E-state index contributed by atoms with van der Waals surface area (Å²) in [5.41, 5.74) is 0.564. The van der Waals surface area contributed by atoms with Gasteiger partial charge in [-0.05, 0) is 37.8 Å². The van der Waals surface area contributed by atoms with Gasteiger partial charge in [0, 0.05) is 32.9 Å². The number of anilines is 1. The first-order chi connectivity index (χ1) is 10.1. The molecule has 1 N–H and O–H groups in total. The van der Waals surface area contributed by atoms with Crippen molar-refractivity contribution in [2.24, 2.45) is 5.92 Å². The molecule has 0 spiro atoms. The van der Waals surface area contributed by atoms with Gasteiger partial charge in [0.2, 0.25) is 0 Å². The Labute approximate surface area is 126 Å². The zero-order valence-corrected chi connectivity index (χ0v) is 13.4. The molecule has 1 aromatic rings. The summed E-state index contributed by atoms with van der Waals surface area (Å²) >= 11 is 0. The Balaban J connectivity index is 2.25.